The van der Waals surface area contributed by atoms with Gasteiger partial charge in [0.25, 0.3) is 0 Å². The Morgan fingerprint density at radius 3 is 2.80 bits per heavy atom. The second kappa shape index (κ2) is 5.80. The number of rotatable bonds is 5. The van der Waals surface area contributed by atoms with Crippen LogP contribution in [0.2, 0.25) is 0 Å². The zero-order chi connectivity index (χ0) is 11.3. The molecule has 2 unspecified atom stereocenters. The first-order valence-electron chi connectivity index (χ1n) is 5.82. The van der Waals surface area contributed by atoms with E-state index in [1.54, 1.807) is 0 Å². The first kappa shape index (κ1) is 12.9. The van der Waals surface area contributed by atoms with Gasteiger partial charge < -0.3 is 20.6 Å². The van der Waals surface area contributed by atoms with Crippen LogP contribution in [0.4, 0.5) is 0 Å². The van der Waals surface area contributed by atoms with Gasteiger partial charge in [0, 0.05) is 18.6 Å². The number of nitrogens with one attached hydrogen (secondary N) is 2. The van der Waals surface area contributed by atoms with E-state index in [9.17, 15) is 5.11 Å². The fourth-order valence-corrected chi connectivity index (χ4v) is 2.15. The Labute approximate surface area is 93.0 Å². The summed E-state index contributed by atoms with van der Waals surface area (Å²) >= 11 is 0. The van der Waals surface area contributed by atoms with Crippen molar-refractivity contribution in [3.05, 3.63) is 0 Å². The Morgan fingerprint density at radius 2 is 2.27 bits per heavy atom. The van der Waals surface area contributed by atoms with Gasteiger partial charge >= 0.3 is 0 Å². The summed E-state index contributed by atoms with van der Waals surface area (Å²) in [6.45, 7) is 6.39. The van der Waals surface area contributed by atoms with E-state index in [-0.39, 0.29) is 12.1 Å². The summed E-state index contributed by atoms with van der Waals surface area (Å²) in [6, 6.07) is 0. The van der Waals surface area contributed by atoms with E-state index in [2.05, 4.69) is 36.6 Å². The summed E-state index contributed by atoms with van der Waals surface area (Å²) in [5, 5.41) is 16.5. The molecule has 0 spiro atoms. The largest absolute Gasteiger partial charge is 0.394 e. The van der Waals surface area contributed by atoms with E-state index < -0.39 is 0 Å². The molecule has 4 heteroatoms. The molecule has 3 N–H and O–H groups in total. The highest BCUT2D eigenvalue weighted by Crippen LogP contribution is 2.23. The minimum atomic E-state index is -0.0682. The van der Waals surface area contributed by atoms with E-state index in [4.69, 9.17) is 0 Å². The van der Waals surface area contributed by atoms with Crippen molar-refractivity contribution in [2.75, 3.05) is 46.9 Å². The molecule has 1 heterocycles. The molecular weight excluding hydrogens is 190 g/mol. The van der Waals surface area contributed by atoms with E-state index in [0.717, 1.165) is 32.6 Å². The van der Waals surface area contributed by atoms with Gasteiger partial charge in [-0.25, -0.2) is 0 Å². The maximum Gasteiger partial charge on any atom is 0.0616 e. The number of likely N-dealkylation sites (N-methyl/N-ethyl adjacent to an activating group) is 1. The molecule has 0 aromatic heterocycles. The van der Waals surface area contributed by atoms with Crippen molar-refractivity contribution in [3.63, 3.8) is 0 Å². The zero-order valence-corrected chi connectivity index (χ0v) is 10.2. The fraction of sp³-hybridized carbons (Fsp3) is 1.00. The lowest BCUT2D eigenvalue weighted by Crippen LogP contribution is -2.61. The molecule has 1 saturated heterocycles. The molecule has 0 bridgehead atoms. The van der Waals surface area contributed by atoms with Gasteiger partial charge in [0.1, 0.15) is 0 Å². The van der Waals surface area contributed by atoms with Crippen molar-refractivity contribution in [2.45, 2.75) is 18.9 Å². The first-order chi connectivity index (χ1) is 7.10. The maximum atomic E-state index is 9.57. The normalized spacial score (nSPS) is 32.2. The average Bonchev–Trinajstić information content (AvgIpc) is 2.21. The lowest BCUT2D eigenvalue weighted by atomic mass is 9.80. The molecule has 1 fully saturated rings. The molecule has 1 rings (SSSR count). The Morgan fingerprint density at radius 1 is 1.53 bits per heavy atom. The highest BCUT2D eigenvalue weighted by atomic mass is 16.3. The van der Waals surface area contributed by atoms with Crippen LogP contribution in [0.25, 0.3) is 0 Å². The maximum absolute atomic E-state index is 9.57. The minimum Gasteiger partial charge on any atom is -0.394 e. The minimum absolute atomic E-state index is 0.0682. The lowest BCUT2D eigenvalue weighted by molar-refractivity contribution is 0.0815. The smallest absolute Gasteiger partial charge is 0.0616 e. The summed E-state index contributed by atoms with van der Waals surface area (Å²) in [4.78, 5) is 2.16. The molecular formula is C11H25N3O. The molecule has 90 valence electrons. The molecule has 15 heavy (non-hydrogen) atoms. The van der Waals surface area contributed by atoms with Crippen LogP contribution in [0.1, 0.15) is 13.3 Å². The molecule has 4 nitrogen and oxygen atoms in total. The van der Waals surface area contributed by atoms with Crippen LogP contribution in [-0.4, -0.2) is 62.4 Å². The molecule has 1 aliphatic heterocycles. The summed E-state index contributed by atoms with van der Waals surface area (Å²) in [6.07, 6.45) is 1.01. The van der Waals surface area contributed by atoms with Gasteiger partial charge in [-0.3, -0.25) is 0 Å². The third-order valence-corrected chi connectivity index (χ3v) is 3.46. The third kappa shape index (κ3) is 3.41. The molecule has 0 saturated carbocycles. The van der Waals surface area contributed by atoms with Gasteiger partial charge in [-0.1, -0.05) is 6.92 Å². The van der Waals surface area contributed by atoms with Crippen molar-refractivity contribution in [2.24, 2.45) is 5.92 Å². The summed E-state index contributed by atoms with van der Waals surface area (Å²) < 4.78 is 0. The number of hydrogen-bond acceptors (Lipinski definition) is 4. The van der Waals surface area contributed by atoms with Gasteiger partial charge in [-0.2, -0.15) is 0 Å². The van der Waals surface area contributed by atoms with Gasteiger partial charge in [-0.05, 0) is 39.5 Å². The van der Waals surface area contributed by atoms with Crippen LogP contribution in [-0.2, 0) is 0 Å². The predicted octanol–water partition coefficient (Wildman–Crippen LogP) is -0.502. The van der Waals surface area contributed by atoms with E-state index in [1.807, 2.05) is 0 Å². The van der Waals surface area contributed by atoms with Crippen LogP contribution in [0.15, 0.2) is 0 Å². The van der Waals surface area contributed by atoms with Crippen LogP contribution in [0, 0.1) is 5.92 Å². The van der Waals surface area contributed by atoms with Gasteiger partial charge in [0.05, 0.1) is 6.61 Å². The summed E-state index contributed by atoms with van der Waals surface area (Å²) in [5.41, 5.74) is -0.0682. The molecule has 1 aliphatic rings. The Bertz CT molecular complexity index is 187. The predicted molar refractivity (Wildman–Crippen MR) is 63.0 cm³/mol. The fourth-order valence-electron chi connectivity index (χ4n) is 2.15. The SMILES string of the molecule is CC1CNCCC1(CO)NCCN(C)C. The quantitative estimate of drug-likeness (QED) is 0.578. The molecule has 0 amide bonds. The molecule has 0 aromatic carbocycles. The van der Waals surface area contributed by atoms with Crippen molar-refractivity contribution < 1.29 is 5.11 Å². The third-order valence-electron chi connectivity index (χ3n) is 3.46. The zero-order valence-electron chi connectivity index (χ0n) is 10.2. The Kier molecular flexibility index (Phi) is 4.99. The van der Waals surface area contributed by atoms with E-state index in [1.165, 1.54) is 0 Å². The van der Waals surface area contributed by atoms with Crippen LogP contribution >= 0.6 is 0 Å². The van der Waals surface area contributed by atoms with Crippen molar-refractivity contribution in [1.29, 1.82) is 0 Å². The monoisotopic (exact) mass is 215 g/mol. The van der Waals surface area contributed by atoms with E-state index in [0.29, 0.717) is 5.92 Å². The van der Waals surface area contributed by atoms with Crippen molar-refractivity contribution >= 4 is 0 Å². The first-order valence-corrected chi connectivity index (χ1v) is 5.82. The standard InChI is InChI=1S/C11H25N3O/c1-10-8-12-5-4-11(10,9-15)13-6-7-14(2)3/h10,12-13,15H,4-9H2,1-3H3. The number of aliphatic hydroxyl groups is 1. The summed E-state index contributed by atoms with van der Waals surface area (Å²) in [5.74, 6) is 0.485. The summed E-state index contributed by atoms with van der Waals surface area (Å²) in [7, 11) is 4.14. The molecule has 0 aromatic rings. The number of aliphatic hydroxyl groups excluding tert-OH is 1. The van der Waals surface area contributed by atoms with Crippen molar-refractivity contribution in [3.8, 4) is 0 Å². The topological polar surface area (TPSA) is 47.5 Å². The second-order valence-corrected chi connectivity index (χ2v) is 4.90. The molecule has 0 aliphatic carbocycles. The van der Waals surface area contributed by atoms with Crippen LogP contribution in [0.5, 0.6) is 0 Å². The Balaban J connectivity index is 2.43. The highest BCUT2D eigenvalue weighted by Gasteiger charge is 2.36. The number of nitrogens with zero attached hydrogens (tertiary/aromatic N) is 1. The molecule has 2 atom stereocenters. The second-order valence-electron chi connectivity index (χ2n) is 4.90. The van der Waals surface area contributed by atoms with Gasteiger partial charge in [-0.15, -0.1) is 0 Å². The highest BCUT2D eigenvalue weighted by molar-refractivity contribution is 4.96. The van der Waals surface area contributed by atoms with Crippen LogP contribution < -0.4 is 10.6 Å². The van der Waals surface area contributed by atoms with Crippen LogP contribution in [0.3, 0.4) is 0 Å². The van der Waals surface area contributed by atoms with Gasteiger partial charge in [0.2, 0.25) is 0 Å². The number of piperidine rings is 1. The van der Waals surface area contributed by atoms with E-state index >= 15 is 0 Å². The van der Waals surface area contributed by atoms with Gasteiger partial charge in [0.15, 0.2) is 0 Å². The number of hydrogen-bond donors (Lipinski definition) is 3. The lowest BCUT2D eigenvalue weighted by Gasteiger charge is -2.42. The molecule has 0 radical (unpaired) electrons. The average molecular weight is 215 g/mol. The Hall–Kier alpha value is -0.160. The van der Waals surface area contributed by atoms with Crippen molar-refractivity contribution in [1.82, 2.24) is 15.5 Å².